The molecule has 1 atom stereocenters. The van der Waals surface area contributed by atoms with E-state index in [0.717, 1.165) is 16.7 Å². The fraction of sp³-hybridized carbons (Fsp3) is 0.167. The quantitative estimate of drug-likeness (QED) is 0.555. The summed E-state index contributed by atoms with van der Waals surface area (Å²) in [5.41, 5.74) is 2.96. The van der Waals surface area contributed by atoms with Crippen LogP contribution in [0.4, 0.5) is 0 Å². The Kier molecular flexibility index (Phi) is 6.25. The number of carbonyl (C=O) groups is 1. The molecule has 0 bridgehead atoms. The second kappa shape index (κ2) is 9.41. The second-order valence-corrected chi connectivity index (χ2v) is 7.28. The Bertz CT molecular complexity index is 1020. The smallest absolute Gasteiger partial charge is 0.268 e. The Hall–Kier alpha value is -3.38. The molecule has 3 aromatic carbocycles. The maximum absolute atomic E-state index is 12.1. The van der Waals surface area contributed by atoms with Crippen molar-refractivity contribution in [3.63, 3.8) is 0 Å². The van der Waals surface area contributed by atoms with Gasteiger partial charge in [-0.15, -0.1) is 0 Å². The number of thiocarbonyl (C=S) groups is 1. The number of benzene rings is 3. The molecule has 5 nitrogen and oxygen atoms in total. The van der Waals surface area contributed by atoms with Crippen molar-refractivity contribution in [1.29, 1.82) is 0 Å². The maximum atomic E-state index is 12.1. The first kappa shape index (κ1) is 19.9. The average molecular weight is 420 g/mol. The van der Waals surface area contributed by atoms with Crippen molar-refractivity contribution in [2.24, 2.45) is 0 Å². The van der Waals surface area contributed by atoms with Crippen LogP contribution < -0.4 is 14.8 Å². The number of rotatable bonds is 8. The largest absolute Gasteiger partial charge is 0.489 e. The van der Waals surface area contributed by atoms with Gasteiger partial charge in [0.25, 0.3) is 11.1 Å². The zero-order chi connectivity index (χ0) is 20.8. The summed E-state index contributed by atoms with van der Waals surface area (Å²) in [6.07, 6.45) is -0.348. The van der Waals surface area contributed by atoms with E-state index in [1.54, 1.807) is 0 Å². The van der Waals surface area contributed by atoms with Gasteiger partial charge in [-0.05, 0) is 41.5 Å². The molecule has 1 aliphatic heterocycles. The van der Waals surface area contributed by atoms with Gasteiger partial charge in [-0.25, -0.2) is 0 Å². The standard InChI is InChI=1S/C24H21NO4S/c26-23-22(29-24(30)25-23)14-19-13-20(27-15-17-7-3-1-4-8-17)11-12-21(19)28-16-18-9-5-2-6-10-18/h1-13,22H,14-16H2,(H,25,26,30). The lowest BCUT2D eigenvalue weighted by Crippen LogP contribution is -2.26. The Morgan fingerprint density at radius 2 is 1.50 bits per heavy atom. The summed E-state index contributed by atoms with van der Waals surface area (Å²) >= 11 is 4.95. The zero-order valence-electron chi connectivity index (χ0n) is 16.2. The Morgan fingerprint density at radius 1 is 0.867 bits per heavy atom. The van der Waals surface area contributed by atoms with Gasteiger partial charge in [0.05, 0.1) is 0 Å². The molecule has 4 rings (SSSR count). The third kappa shape index (κ3) is 5.15. The molecule has 0 radical (unpaired) electrons. The van der Waals surface area contributed by atoms with Crippen LogP contribution >= 0.6 is 12.2 Å². The highest BCUT2D eigenvalue weighted by Gasteiger charge is 2.30. The number of nitrogens with one attached hydrogen (secondary N) is 1. The number of amides is 1. The summed E-state index contributed by atoms with van der Waals surface area (Å²) in [7, 11) is 0. The summed E-state index contributed by atoms with van der Waals surface area (Å²) in [5, 5.41) is 2.63. The first-order chi connectivity index (χ1) is 14.7. The third-order valence-corrected chi connectivity index (χ3v) is 4.89. The van der Waals surface area contributed by atoms with Crippen LogP contribution in [0.2, 0.25) is 0 Å². The average Bonchev–Trinajstić information content (AvgIpc) is 3.09. The molecular weight excluding hydrogens is 398 g/mol. The van der Waals surface area contributed by atoms with Gasteiger partial charge in [-0.3, -0.25) is 10.1 Å². The summed E-state index contributed by atoms with van der Waals surface area (Å²) < 4.78 is 17.4. The molecule has 1 amide bonds. The van der Waals surface area contributed by atoms with E-state index in [2.05, 4.69) is 5.32 Å². The van der Waals surface area contributed by atoms with E-state index in [9.17, 15) is 4.79 Å². The highest BCUT2D eigenvalue weighted by molar-refractivity contribution is 7.80. The van der Waals surface area contributed by atoms with Crippen molar-refractivity contribution < 1.29 is 19.0 Å². The predicted octanol–water partition coefficient (Wildman–Crippen LogP) is 4.19. The van der Waals surface area contributed by atoms with Crippen LogP contribution in [-0.4, -0.2) is 17.2 Å². The highest BCUT2D eigenvalue weighted by atomic mass is 32.1. The lowest BCUT2D eigenvalue weighted by Gasteiger charge is -2.16. The van der Waals surface area contributed by atoms with Gasteiger partial charge in [0.15, 0.2) is 6.10 Å². The monoisotopic (exact) mass is 419 g/mol. The molecule has 0 saturated carbocycles. The summed E-state index contributed by atoms with van der Waals surface area (Å²) in [6, 6.07) is 25.5. The van der Waals surface area contributed by atoms with E-state index in [0.29, 0.717) is 31.1 Å². The molecule has 3 aromatic rings. The van der Waals surface area contributed by atoms with Crippen LogP contribution in [0.1, 0.15) is 16.7 Å². The van der Waals surface area contributed by atoms with Gasteiger partial charge >= 0.3 is 0 Å². The van der Waals surface area contributed by atoms with Crippen LogP contribution in [-0.2, 0) is 29.2 Å². The number of hydrogen-bond donors (Lipinski definition) is 1. The molecule has 1 N–H and O–H groups in total. The fourth-order valence-corrected chi connectivity index (χ4v) is 3.37. The lowest BCUT2D eigenvalue weighted by atomic mass is 10.1. The third-order valence-electron chi connectivity index (χ3n) is 4.69. The van der Waals surface area contributed by atoms with Gasteiger partial charge in [0.2, 0.25) is 0 Å². The van der Waals surface area contributed by atoms with Gasteiger partial charge in [0, 0.05) is 12.0 Å². The molecule has 1 unspecified atom stereocenters. The molecule has 1 aliphatic rings. The summed E-state index contributed by atoms with van der Waals surface area (Å²) in [5.74, 6) is 1.13. The van der Waals surface area contributed by atoms with Gasteiger partial charge in [-0.1, -0.05) is 60.7 Å². The summed E-state index contributed by atoms with van der Waals surface area (Å²) in [4.78, 5) is 12.1. The van der Waals surface area contributed by atoms with Gasteiger partial charge < -0.3 is 14.2 Å². The topological polar surface area (TPSA) is 56.8 Å². The molecule has 0 aromatic heterocycles. The van der Waals surface area contributed by atoms with Crippen LogP contribution in [0.15, 0.2) is 78.9 Å². The summed E-state index contributed by atoms with van der Waals surface area (Å²) in [6.45, 7) is 0.878. The molecule has 1 heterocycles. The van der Waals surface area contributed by atoms with Crippen molar-refractivity contribution in [3.05, 3.63) is 95.6 Å². The number of carbonyl (C=O) groups excluding carboxylic acids is 1. The molecule has 1 fully saturated rings. The minimum Gasteiger partial charge on any atom is -0.489 e. The second-order valence-electron chi connectivity index (χ2n) is 6.91. The highest BCUT2D eigenvalue weighted by Crippen LogP contribution is 2.28. The normalized spacial score (nSPS) is 15.4. The van der Waals surface area contributed by atoms with Gasteiger partial charge in [0.1, 0.15) is 24.7 Å². The van der Waals surface area contributed by atoms with Crippen molar-refractivity contribution in [1.82, 2.24) is 5.32 Å². The van der Waals surface area contributed by atoms with Crippen molar-refractivity contribution in [2.75, 3.05) is 0 Å². The van der Waals surface area contributed by atoms with Crippen molar-refractivity contribution in [2.45, 2.75) is 25.7 Å². The van der Waals surface area contributed by atoms with Crippen LogP contribution in [0.25, 0.3) is 0 Å². The zero-order valence-corrected chi connectivity index (χ0v) is 17.1. The van der Waals surface area contributed by atoms with E-state index in [1.807, 2.05) is 78.9 Å². The number of ether oxygens (including phenoxy) is 3. The molecule has 6 heteroatoms. The molecule has 0 spiro atoms. The van der Waals surface area contributed by atoms with Crippen molar-refractivity contribution in [3.8, 4) is 11.5 Å². The number of hydrogen-bond acceptors (Lipinski definition) is 5. The van der Waals surface area contributed by atoms with Crippen molar-refractivity contribution >= 4 is 23.3 Å². The predicted molar refractivity (Wildman–Crippen MR) is 117 cm³/mol. The molecular formula is C24H21NO4S. The molecule has 1 saturated heterocycles. The minimum atomic E-state index is -0.680. The van der Waals surface area contributed by atoms with E-state index in [4.69, 9.17) is 26.4 Å². The first-order valence-electron chi connectivity index (χ1n) is 9.65. The molecule has 152 valence electrons. The Labute approximate surface area is 180 Å². The van der Waals surface area contributed by atoms with E-state index >= 15 is 0 Å². The Balaban J connectivity index is 1.51. The van der Waals surface area contributed by atoms with Crippen LogP contribution in [0.3, 0.4) is 0 Å². The van der Waals surface area contributed by atoms with E-state index < -0.39 is 6.10 Å². The molecule has 0 aliphatic carbocycles. The van der Waals surface area contributed by atoms with E-state index in [-0.39, 0.29) is 11.1 Å². The minimum absolute atomic E-state index is 0.105. The lowest BCUT2D eigenvalue weighted by molar-refractivity contribution is -0.123. The van der Waals surface area contributed by atoms with Crippen LogP contribution in [0.5, 0.6) is 11.5 Å². The van der Waals surface area contributed by atoms with E-state index in [1.165, 1.54) is 0 Å². The van der Waals surface area contributed by atoms with Crippen LogP contribution in [0, 0.1) is 0 Å². The SMILES string of the molecule is O=C1NC(=S)OC1Cc1cc(OCc2ccccc2)ccc1OCc1ccccc1. The first-order valence-corrected chi connectivity index (χ1v) is 10.1. The molecule has 30 heavy (non-hydrogen) atoms. The Morgan fingerprint density at radius 3 is 2.10 bits per heavy atom. The van der Waals surface area contributed by atoms with Gasteiger partial charge in [-0.2, -0.15) is 0 Å². The fourth-order valence-electron chi connectivity index (χ4n) is 3.15. The maximum Gasteiger partial charge on any atom is 0.268 e.